The highest BCUT2D eigenvalue weighted by molar-refractivity contribution is 5.76. The molecule has 0 unspecified atom stereocenters. The van der Waals surface area contributed by atoms with E-state index in [4.69, 9.17) is 0 Å². The van der Waals surface area contributed by atoms with Crippen LogP contribution in [0.3, 0.4) is 0 Å². The number of methoxy groups -OCH3 is 1. The van der Waals surface area contributed by atoms with Crippen molar-refractivity contribution in [3.8, 4) is 0 Å². The third-order valence-electron chi connectivity index (χ3n) is 3.41. The minimum Gasteiger partial charge on any atom is -0.469 e. The molecule has 1 rings (SSSR count). The Bertz CT molecular complexity index is 294. The monoisotopic (exact) mass is 267 g/mol. The molecule has 6 heteroatoms. The van der Waals surface area contributed by atoms with E-state index in [0.717, 1.165) is 0 Å². The van der Waals surface area contributed by atoms with Crippen molar-refractivity contribution in [3.05, 3.63) is 0 Å². The maximum Gasteiger partial charge on any atom is 0.391 e. The third-order valence-corrected chi connectivity index (χ3v) is 3.41. The fourth-order valence-electron chi connectivity index (χ4n) is 2.32. The van der Waals surface area contributed by atoms with Gasteiger partial charge in [0.25, 0.3) is 0 Å². The molecule has 1 aliphatic heterocycles. The van der Waals surface area contributed by atoms with Crippen LogP contribution in [0.5, 0.6) is 0 Å². The Morgan fingerprint density at radius 3 is 2.17 bits per heavy atom. The minimum absolute atomic E-state index is 0.112. The fraction of sp³-hybridized carbons (Fsp3) is 0.917. The van der Waals surface area contributed by atoms with E-state index in [2.05, 4.69) is 4.74 Å². The lowest BCUT2D eigenvalue weighted by Crippen LogP contribution is -2.45. The average Bonchev–Trinajstić information content (AvgIpc) is 2.26. The number of hydrogen-bond donors (Lipinski definition) is 0. The zero-order valence-corrected chi connectivity index (χ0v) is 11.0. The van der Waals surface area contributed by atoms with Gasteiger partial charge in [0.05, 0.1) is 18.4 Å². The summed E-state index contributed by atoms with van der Waals surface area (Å²) in [7, 11) is 1.32. The number of nitrogens with zero attached hydrogens (tertiary/aromatic N) is 1. The van der Waals surface area contributed by atoms with Crippen molar-refractivity contribution >= 4 is 5.97 Å². The summed E-state index contributed by atoms with van der Waals surface area (Å²) in [5.41, 5.74) is -0.681. The van der Waals surface area contributed by atoms with Gasteiger partial charge in [-0.15, -0.1) is 0 Å². The van der Waals surface area contributed by atoms with E-state index in [1.807, 2.05) is 4.90 Å². The lowest BCUT2D eigenvalue weighted by Gasteiger charge is -2.36. The molecule has 18 heavy (non-hydrogen) atoms. The van der Waals surface area contributed by atoms with Crippen molar-refractivity contribution in [2.24, 2.45) is 11.3 Å². The molecule has 0 bridgehead atoms. The van der Waals surface area contributed by atoms with Crippen molar-refractivity contribution in [3.63, 3.8) is 0 Å². The Labute approximate surface area is 105 Å². The Morgan fingerprint density at radius 1 is 1.28 bits per heavy atom. The van der Waals surface area contributed by atoms with Gasteiger partial charge in [-0.2, -0.15) is 13.2 Å². The molecule has 0 spiro atoms. The number of ether oxygens (including phenoxy) is 1. The van der Waals surface area contributed by atoms with E-state index < -0.39 is 17.5 Å². The molecule has 0 aromatic rings. The van der Waals surface area contributed by atoms with Crippen LogP contribution in [0.1, 0.15) is 26.7 Å². The van der Waals surface area contributed by atoms with Gasteiger partial charge in [-0.3, -0.25) is 4.79 Å². The topological polar surface area (TPSA) is 29.5 Å². The standard InChI is InChI=1S/C12H20F3NO2/c1-11(2,10(17)18-3)8-16-6-4-9(5-7-16)12(13,14)15/h9H,4-8H2,1-3H3. The number of rotatable bonds is 3. The Balaban J connectivity index is 2.47. The summed E-state index contributed by atoms with van der Waals surface area (Å²) in [5.74, 6) is -1.53. The van der Waals surface area contributed by atoms with Crippen LogP contribution in [0, 0.1) is 11.3 Å². The van der Waals surface area contributed by atoms with Crippen molar-refractivity contribution in [1.29, 1.82) is 0 Å². The molecular formula is C12H20F3NO2. The first kappa shape index (κ1) is 15.3. The van der Waals surface area contributed by atoms with Gasteiger partial charge in [0.15, 0.2) is 0 Å². The van der Waals surface area contributed by atoms with Crippen LogP contribution in [0.4, 0.5) is 13.2 Å². The summed E-state index contributed by atoms with van der Waals surface area (Å²) in [6, 6.07) is 0. The van der Waals surface area contributed by atoms with E-state index in [1.54, 1.807) is 13.8 Å². The zero-order chi connectivity index (χ0) is 14.0. The highest BCUT2D eigenvalue weighted by Crippen LogP contribution is 2.34. The van der Waals surface area contributed by atoms with Gasteiger partial charge in [0, 0.05) is 6.54 Å². The van der Waals surface area contributed by atoms with Crippen molar-refractivity contribution in [2.45, 2.75) is 32.9 Å². The van der Waals surface area contributed by atoms with Crippen LogP contribution in [-0.2, 0) is 9.53 Å². The first-order valence-electron chi connectivity index (χ1n) is 6.04. The van der Waals surface area contributed by atoms with Gasteiger partial charge in [-0.25, -0.2) is 0 Å². The van der Waals surface area contributed by atoms with Crippen molar-refractivity contribution in [2.75, 3.05) is 26.7 Å². The van der Waals surface area contributed by atoms with Crippen LogP contribution in [0.25, 0.3) is 0 Å². The maximum atomic E-state index is 12.5. The lowest BCUT2D eigenvalue weighted by molar-refractivity contribution is -0.186. The number of alkyl halides is 3. The second-order valence-electron chi connectivity index (χ2n) is 5.47. The summed E-state index contributed by atoms with van der Waals surface area (Å²) in [5, 5.41) is 0. The number of carbonyl (C=O) groups excluding carboxylic acids is 1. The molecule has 1 fully saturated rings. The zero-order valence-electron chi connectivity index (χ0n) is 11.0. The Morgan fingerprint density at radius 2 is 1.78 bits per heavy atom. The molecule has 3 nitrogen and oxygen atoms in total. The van der Waals surface area contributed by atoms with Crippen LogP contribution in [-0.4, -0.2) is 43.8 Å². The van der Waals surface area contributed by atoms with E-state index >= 15 is 0 Å². The first-order valence-corrected chi connectivity index (χ1v) is 6.04. The predicted octanol–water partition coefficient (Wildman–Crippen LogP) is 2.46. The summed E-state index contributed by atoms with van der Waals surface area (Å²) in [6.07, 6.45) is -3.87. The molecular weight excluding hydrogens is 247 g/mol. The molecule has 0 aromatic heterocycles. The van der Waals surface area contributed by atoms with Crippen LogP contribution < -0.4 is 0 Å². The van der Waals surface area contributed by atoms with Gasteiger partial charge < -0.3 is 9.64 Å². The van der Waals surface area contributed by atoms with Gasteiger partial charge in [-0.05, 0) is 39.8 Å². The Hall–Kier alpha value is -0.780. The lowest BCUT2D eigenvalue weighted by atomic mass is 9.90. The minimum atomic E-state index is -4.09. The van der Waals surface area contributed by atoms with E-state index in [9.17, 15) is 18.0 Å². The summed E-state index contributed by atoms with van der Waals surface area (Å²) in [4.78, 5) is 13.4. The average molecular weight is 267 g/mol. The molecule has 0 saturated carbocycles. The van der Waals surface area contributed by atoms with E-state index in [0.29, 0.717) is 19.6 Å². The highest BCUT2D eigenvalue weighted by atomic mass is 19.4. The van der Waals surface area contributed by atoms with Crippen LogP contribution in [0.2, 0.25) is 0 Å². The number of carbonyl (C=O) groups is 1. The smallest absolute Gasteiger partial charge is 0.391 e. The van der Waals surface area contributed by atoms with Gasteiger partial charge in [0.2, 0.25) is 0 Å². The van der Waals surface area contributed by atoms with Crippen molar-refractivity contribution < 1.29 is 22.7 Å². The van der Waals surface area contributed by atoms with Crippen LogP contribution >= 0.6 is 0 Å². The van der Waals surface area contributed by atoms with Crippen LogP contribution in [0.15, 0.2) is 0 Å². The molecule has 1 saturated heterocycles. The molecule has 0 atom stereocenters. The number of likely N-dealkylation sites (tertiary alicyclic amines) is 1. The molecule has 0 aliphatic carbocycles. The second kappa shape index (κ2) is 5.47. The largest absolute Gasteiger partial charge is 0.469 e. The quantitative estimate of drug-likeness (QED) is 0.736. The molecule has 1 aliphatic rings. The number of halogens is 3. The molecule has 0 aromatic carbocycles. The first-order chi connectivity index (χ1) is 8.16. The molecule has 0 N–H and O–H groups in total. The molecule has 106 valence electrons. The van der Waals surface area contributed by atoms with Gasteiger partial charge in [-0.1, -0.05) is 0 Å². The van der Waals surface area contributed by atoms with E-state index in [1.165, 1.54) is 7.11 Å². The van der Waals surface area contributed by atoms with E-state index in [-0.39, 0.29) is 18.8 Å². The highest BCUT2D eigenvalue weighted by Gasteiger charge is 2.42. The summed E-state index contributed by atoms with van der Waals surface area (Å²) >= 11 is 0. The fourth-order valence-corrected chi connectivity index (χ4v) is 2.32. The molecule has 1 heterocycles. The molecule has 0 radical (unpaired) electrons. The number of esters is 1. The SMILES string of the molecule is COC(=O)C(C)(C)CN1CCC(C(F)(F)F)CC1. The summed E-state index contributed by atoms with van der Waals surface area (Å²) in [6.45, 7) is 4.68. The maximum absolute atomic E-state index is 12.5. The van der Waals surface area contributed by atoms with Gasteiger partial charge in [0.1, 0.15) is 0 Å². The summed E-state index contributed by atoms with van der Waals surface area (Å²) < 4.78 is 42.2. The number of piperidine rings is 1. The van der Waals surface area contributed by atoms with Crippen molar-refractivity contribution in [1.82, 2.24) is 4.90 Å². The predicted molar refractivity (Wildman–Crippen MR) is 61.0 cm³/mol. The normalized spacial score (nSPS) is 19.9. The second-order valence-corrected chi connectivity index (χ2v) is 5.47. The third kappa shape index (κ3) is 3.86. The molecule has 0 amide bonds. The number of hydrogen-bond acceptors (Lipinski definition) is 3. The Kier molecular flexibility index (Phi) is 4.64. The van der Waals surface area contributed by atoms with Gasteiger partial charge >= 0.3 is 12.1 Å².